The largest absolute Gasteiger partial charge is 0.416 e. The van der Waals surface area contributed by atoms with E-state index in [1.54, 1.807) is 18.5 Å². The van der Waals surface area contributed by atoms with Gasteiger partial charge in [0.25, 0.3) is 0 Å². The summed E-state index contributed by atoms with van der Waals surface area (Å²) in [6, 6.07) is 5.03. The highest BCUT2D eigenvalue weighted by atomic mass is 19.4. The first-order chi connectivity index (χ1) is 9.29. The zero-order valence-electron chi connectivity index (χ0n) is 11.2. The molecular weight excluding hydrogens is 269 g/mol. The maximum absolute atomic E-state index is 12.6. The molecule has 0 saturated carbocycles. The van der Waals surface area contributed by atoms with Gasteiger partial charge in [-0.3, -0.25) is 9.13 Å². The molecule has 0 spiro atoms. The van der Waals surface area contributed by atoms with E-state index in [1.807, 2.05) is 13.8 Å². The van der Waals surface area contributed by atoms with E-state index in [0.29, 0.717) is 5.56 Å². The van der Waals surface area contributed by atoms with Gasteiger partial charge >= 0.3 is 11.9 Å². The summed E-state index contributed by atoms with van der Waals surface area (Å²) in [4.78, 5) is 12.0. The predicted molar refractivity (Wildman–Crippen MR) is 69.6 cm³/mol. The maximum Gasteiger partial charge on any atom is 0.416 e. The first-order valence-corrected chi connectivity index (χ1v) is 6.22. The minimum absolute atomic E-state index is 0.0188. The average Bonchev–Trinajstić information content (AvgIpc) is 2.70. The Morgan fingerprint density at radius 2 is 1.90 bits per heavy atom. The smallest absolute Gasteiger partial charge is 0.297 e. The van der Waals surface area contributed by atoms with Gasteiger partial charge < -0.3 is 0 Å². The van der Waals surface area contributed by atoms with Crippen molar-refractivity contribution in [3.8, 4) is 0 Å². The summed E-state index contributed by atoms with van der Waals surface area (Å²) < 4.78 is 40.8. The van der Waals surface area contributed by atoms with Crippen LogP contribution in [0.15, 0.2) is 41.5 Å². The maximum atomic E-state index is 12.6. The van der Waals surface area contributed by atoms with Gasteiger partial charge in [0, 0.05) is 18.4 Å². The number of benzene rings is 1. The van der Waals surface area contributed by atoms with Crippen LogP contribution in [-0.4, -0.2) is 9.13 Å². The second-order valence-corrected chi connectivity index (χ2v) is 4.91. The molecule has 0 radical (unpaired) electrons. The van der Waals surface area contributed by atoms with E-state index in [9.17, 15) is 18.0 Å². The third-order valence-corrected chi connectivity index (χ3v) is 3.04. The van der Waals surface area contributed by atoms with Crippen molar-refractivity contribution in [3.05, 3.63) is 58.3 Å². The molecule has 2 rings (SSSR count). The normalized spacial score (nSPS) is 12.1. The van der Waals surface area contributed by atoms with E-state index < -0.39 is 11.7 Å². The third-order valence-electron chi connectivity index (χ3n) is 3.04. The Labute approximate surface area is 114 Å². The number of halogens is 3. The van der Waals surface area contributed by atoms with Crippen LogP contribution in [0.4, 0.5) is 13.2 Å². The van der Waals surface area contributed by atoms with Crippen LogP contribution < -0.4 is 5.69 Å². The second kappa shape index (κ2) is 5.19. The van der Waals surface area contributed by atoms with Gasteiger partial charge in [-0.15, -0.1) is 0 Å². The number of imidazole rings is 1. The summed E-state index contributed by atoms with van der Waals surface area (Å²) in [5.41, 5.74) is -0.479. The first kappa shape index (κ1) is 14.4. The Hall–Kier alpha value is -1.98. The molecule has 0 atom stereocenters. The van der Waals surface area contributed by atoms with Crippen LogP contribution >= 0.6 is 0 Å². The van der Waals surface area contributed by atoms with E-state index >= 15 is 0 Å². The predicted octanol–water partition coefficient (Wildman–Crippen LogP) is 3.30. The Kier molecular flexibility index (Phi) is 3.74. The monoisotopic (exact) mass is 284 g/mol. The van der Waals surface area contributed by atoms with Crippen molar-refractivity contribution < 1.29 is 13.2 Å². The summed E-state index contributed by atoms with van der Waals surface area (Å²) in [6.45, 7) is 3.87. The van der Waals surface area contributed by atoms with E-state index in [1.165, 1.54) is 15.2 Å². The lowest BCUT2D eigenvalue weighted by molar-refractivity contribution is -0.137. The molecule has 0 aliphatic rings. The molecule has 2 aromatic rings. The quantitative estimate of drug-likeness (QED) is 0.849. The van der Waals surface area contributed by atoms with E-state index in [-0.39, 0.29) is 18.3 Å². The van der Waals surface area contributed by atoms with Crippen LogP contribution in [0.5, 0.6) is 0 Å². The molecular formula is C14H15F3N2O. The highest BCUT2D eigenvalue weighted by Crippen LogP contribution is 2.29. The molecule has 1 heterocycles. The molecule has 0 unspecified atom stereocenters. The number of rotatable bonds is 3. The van der Waals surface area contributed by atoms with Crippen molar-refractivity contribution in [2.45, 2.75) is 32.6 Å². The van der Waals surface area contributed by atoms with Crippen molar-refractivity contribution in [2.75, 3.05) is 0 Å². The minimum atomic E-state index is -4.37. The number of hydrogen-bond donors (Lipinski definition) is 0. The Morgan fingerprint density at radius 3 is 2.45 bits per heavy atom. The van der Waals surface area contributed by atoms with Crippen LogP contribution in [0, 0.1) is 0 Å². The van der Waals surface area contributed by atoms with Crippen molar-refractivity contribution >= 4 is 0 Å². The van der Waals surface area contributed by atoms with Crippen molar-refractivity contribution in [1.29, 1.82) is 0 Å². The molecule has 1 aromatic carbocycles. The van der Waals surface area contributed by atoms with Gasteiger partial charge in [0.2, 0.25) is 0 Å². The highest BCUT2D eigenvalue weighted by Gasteiger charge is 2.30. The molecule has 20 heavy (non-hydrogen) atoms. The molecule has 0 amide bonds. The van der Waals surface area contributed by atoms with E-state index in [2.05, 4.69) is 0 Å². The molecule has 0 aliphatic heterocycles. The Morgan fingerprint density at radius 1 is 1.20 bits per heavy atom. The van der Waals surface area contributed by atoms with E-state index in [4.69, 9.17) is 0 Å². The summed E-state index contributed by atoms with van der Waals surface area (Å²) in [6.07, 6.45) is -1.14. The van der Waals surface area contributed by atoms with Crippen LogP contribution in [0.1, 0.15) is 31.0 Å². The second-order valence-electron chi connectivity index (χ2n) is 4.91. The van der Waals surface area contributed by atoms with Gasteiger partial charge in [-0.25, -0.2) is 4.79 Å². The van der Waals surface area contributed by atoms with Crippen LogP contribution in [0.3, 0.4) is 0 Å². The number of alkyl halides is 3. The minimum Gasteiger partial charge on any atom is -0.297 e. The number of hydrogen-bond acceptors (Lipinski definition) is 1. The summed E-state index contributed by atoms with van der Waals surface area (Å²) in [5, 5.41) is 0. The Balaban J connectivity index is 2.29. The van der Waals surface area contributed by atoms with Crippen LogP contribution in [0.2, 0.25) is 0 Å². The summed E-state index contributed by atoms with van der Waals surface area (Å²) >= 11 is 0. The molecule has 3 nitrogen and oxygen atoms in total. The zero-order chi connectivity index (χ0) is 14.9. The summed E-state index contributed by atoms with van der Waals surface area (Å²) in [7, 11) is 0. The highest BCUT2D eigenvalue weighted by molar-refractivity contribution is 5.25. The molecule has 0 aliphatic carbocycles. The van der Waals surface area contributed by atoms with Gasteiger partial charge in [0.1, 0.15) is 0 Å². The summed E-state index contributed by atoms with van der Waals surface area (Å²) in [5.74, 6) is 0. The molecule has 108 valence electrons. The molecule has 1 aromatic heterocycles. The number of nitrogens with zero attached hydrogens (tertiary/aromatic N) is 2. The first-order valence-electron chi connectivity index (χ1n) is 6.22. The topological polar surface area (TPSA) is 26.9 Å². The molecule has 0 fully saturated rings. The average molecular weight is 284 g/mol. The van der Waals surface area contributed by atoms with Crippen molar-refractivity contribution in [2.24, 2.45) is 0 Å². The molecule has 0 N–H and O–H groups in total. The van der Waals surface area contributed by atoms with Gasteiger partial charge in [0.15, 0.2) is 0 Å². The SMILES string of the molecule is CC(C)n1ccn(Cc2cccc(C(F)(F)F)c2)c1=O. The van der Waals surface area contributed by atoms with Crippen molar-refractivity contribution in [1.82, 2.24) is 9.13 Å². The van der Waals surface area contributed by atoms with E-state index in [0.717, 1.165) is 12.1 Å². The Bertz CT molecular complexity index is 653. The standard InChI is InChI=1S/C14H15F3N2O/c1-10(2)19-7-6-18(13(19)20)9-11-4-3-5-12(8-11)14(15,16)17/h3-8,10H,9H2,1-2H3. The van der Waals surface area contributed by atoms with Gasteiger partial charge in [-0.2, -0.15) is 13.2 Å². The zero-order valence-corrected chi connectivity index (χ0v) is 11.2. The van der Waals surface area contributed by atoms with Gasteiger partial charge in [-0.1, -0.05) is 12.1 Å². The lowest BCUT2D eigenvalue weighted by Crippen LogP contribution is -2.25. The van der Waals surface area contributed by atoms with Crippen LogP contribution in [-0.2, 0) is 12.7 Å². The fraction of sp³-hybridized carbons (Fsp3) is 0.357. The lowest BCUT2D eigenvalue weighted by atomic mass is 10.1. The van der Waals surface area contributed by atoms with Crippen molar-refractivity contribution in [3.63, 3.8) is 0 Å². The number of aromatic nitrogens is 2. The molecule has 0 saturated heterocycles. The molecule has 6 heteroatoms. The van der Waals surface area contributed by atoms with Gasteiger partial charge in [0.05, 0.1) is 12.1 Å². The third kappa shape index (κ3) is 2.95. The fourth-order valence-corrected chi connectivity index (χ4v) is 1.98. The van der Waals surface area contributed by atoms with Crippen LogP contribution in [0.25, 0.3) is 0 Å². The fourth-order valence-electron chi connectivity index (χ4n) is 1.98. The van der Waals surface area contributed by atoms with Gasteiger partial charge in [-0.05, 0) is 31.5 Å². The lowest BCUT2D eigenvalue weighted by Gasteiger charge is -2.09. The molecule has 0 bridgehead atoms.